The van der Waals surface area contributed by atoms with Crippen molar-refractivity contribution < 1.29 is 9.53 Å². The van der Waals surface area contributed by atoms with Crippen LogP contribution in [0, 0.1) is 0 Å². The molecule has 2 rings (SSSR count). The summed E-state index contributed by atoms with van der Waals surface area (Å²) in [5.74, 6) is 0.236. The van der Waals surface area contributed by atoms with Crippen molar-refractivity contribution in [3.63, 3.8) is 0 Å². The smallest absolute Gasteiger partial charge is 0.258 e. The van der Waals surface area contributed by atoms with Gasteiger partial charge in [0.05, 0.1) is 12.2 Å². The first kappa shape index (κ1) is 17.9. The molecule has 6 nitrogen and oxygen atoms in total. The Kier molecular flexibility index (Phi) is 5.87. The van der Waals surface area contributed by atoms with Crippen molar-refractivity contribution in [3.05, 3.63) is 47.8 Å². The molecule has 24 heavy (non-hydrogen) atoms. The summed E-state index contributed by atoms with van der Waals surface area (Å²) in [7, 11) is 1.63. The first-order chi connectivity index (χ1) is 11.4. The predicted molar refractivity (Wildman–Crippen MR) is 95.5 cm³/mol. The van der Waals surface area contributed by atoms with Crippen molar-refractivity contribution >= 4 is 17.5 Å². The number of carbonyl (C=O) groups is 1. The number of carbonyl (C=O) groups excluding carboxylic acids is 1. The second-order valence-electron chi connectivity index (χ2n) is 6.50. The van der Waals surface area contributed by atoms with Crippen LogP contribution in [0.2, 0.25) is 0 Å². The lowest BCUT2D eigenvalue weighted by molar-refractivity contribution is 0.102. The quantitative estimate of drug-likeness (QED) is 0.797. The van der Waals surface area contributed by atoms with Crippen LogP contribution in [0.5, 0.6) is 0 Å². The minimum atomic E-state index is -0.234. The molecule has 0 saturated carbocycles. The maximum atomic E-state index is 12.2. The summed E-state index contributed by atoms with van der Waals surface area (Å²) < 4.78 is 4.94. The van der Waals surface area contributed by atoms with Gasteiger partial charge in [-0.1, -0.05) is 32.9 Å². The zero-order chi connectivity index (χ0) is 17.6. The van der Waals surface area contributed by atoms with E-state index in [1.165, 1.54) is 18.0 Å². The molecule has 0 bridgehead atoms. The van der Waals surface area contributed by atoms with Crippen LogP contribution >= 0.6 is 0 Å². The maximum absolute atomic E-state index is 12.2. The van der Waals surface area contributed by atoms with Crippen LogP contribution in [0.3, 0.4) is 0 Å². The maximum Gasteiger partial charge on any atom is 0.258 e. The summed E-state index contributed by atoms with van der Waals surface area (Å²) in [4.78, 5) is 20.5. The molecule has 1 aromatic carbocycles. The Bertz CT molecular complexity index is 661. The molecule has 0 aliphatic carbocycles. The number of hydrogen-bond acceptors (Lipinski definition) is 5. The van der Waals surface area contributed by atoms with Gasteiger partial charge in [-0.3, -0.25) is 4.79 Å². The molecular formula is C18H24N4O2. The van der Waals surface area contributed by atoms with Crippen LogP contribution in [0.15, 0.2) is 36.7 Å². The highest BCUT2D eigenvalue weighted by atomic mass is 16.5. The summed E-state index contributed by atoms with van der Waals surface area (Å²) in [6.07, 6.45) is 3.00. The summed E-state index contributed by atoms with van der Waals surface area (Å²) in [6.45, 7) is 7.64. The predicted octanol–water partition coefficient (Wildman–Crippen LogP) is 3.08. The topological polar surface area (TPSA) is 76.1 Å². The van der Waals surface area contributed by atoms with Crippen molar-refractivity contribution in [2.24, 2.45) is 0 Å². The molecule has 0 fully saturated rings. The van der Waals surface area contributed by atoms with Crippen molar-refractivity contribution in [2.75, 3.05) is 30.9 Å². The average molecular weight is 328 g/mol. The molecule has 2 N–H and O–H groups in total. The molecule has 0 aliphatic rings. The normalized spacial score (nSPS) is 11.2. The second kappa shape index (κ2) is 7.88. The minimum absolute atomic E-state index is 0.0853. The summed E-state index contributed by atoms with van der Waals surface area (Å²) in [5, 5.41) is 5.85. The molecule has 0 atom stereocenters. The zero-order valence-electron chi connectivity index (χ0n) is 14.6. The summed E-state index contributed by atoms with van der Waals surface area (Å²) >= 11 is 0. The Labute approximate surface area is 142 Å². The van der Waals surface area contributed by atoms with Gasteiger partial charge in [-0.15, -0.1) is 0 Å². The van der Waals surface area contributed by atoms with Crippen LogP contribution in [0.1, 0.15) is 36.7 Å². The molecule has 0 aliphatic heterocycles. The fraction of sp³-hybridized carbons (Fsp3) is 0.389. The number of rotatable bonds is 6. The van der Waals surface area contributed by atoms with Crippen LogP contribution in [0.4, 0.5) is 11.6 Å². The fourth-order valence-electron chi connectivity index (χ4n) is 2.06. The fourth-order valence-corrected chi connectivity index (χ4v) is 2.06. The number of methoxy groups -OCH3 is 1. The number of amides is 1. The molecule has 0 spiro atoms. The number of ether oxygens (including phenoxy) is 1. The van der Waals surface area contributed by atoms with E-state index >= 15 is 0 Å². The SMILES string of the molecule is COCCNc1ncc(C(=O)Nc2ccc(C(C)(C)C)cc2)cn1. The van der Waals surface area contributed by atoms with E-state index < -0.39 is 0 Å². The third-order valence-corrected chi connectivity index (χ3v) is 3.51. The van der Waals surface area contributed by atoms with Gasteiger partial charge in [0.25, 0.3) is 5.91 Å². The Morgan fingerprint density at radius 1 is 1.12 bits per heavy atom. The molecule has 128 valence electrons. The first-order valence-electron chi connectivity index (χ1n) is 7.87. The second-order valence-corrected chi connectivity index (χ2v) is 6.50. The molecule has 0 radical (unpaired) electrons. The third-order valence-electron chi connectivity index (χ3n) is 3.51. The van der Waals surface area contributed by atoms with E-state index in [2.05, 4.69) is 41.4 Å². The molecule has 0 saturated heterocycles. The van der Waals surface area contributed by atoms with Gasteiger partial charge in [-0.05, 0) is 23.1 Å². The van der Waals surface area contributed by atoms with Gasteiger partial charge in [-0.25, -0.2) is 9.97 Å². The Morgan fingerprint density at radius 2 is 1.75 bits per heavy atom. The van der Waals surface area contributed by atoms with Crippen LogP contribution < -0.4 is 10.6 Å². The monoisotopic (exact) mass is 328 g/mol. The number of anilines is 2. The Morgan fingerprint density at radius 3 is 2.29 bits per heavy atom. The van der Waals surface area contributed by atoms with Gasteiger partial charge in [0.1, 0.15) is 0 Å². The van der Waals surface area contributed by atoms with Crippen molar-refractivity contribution in [2.45, 2.75) is 26.2 Å². The molecule has 1 aromatic heterocycles. The number of nitrogens with zero attached hydrogens (tertiary/aromatic N) is 2. The highest BCUT2D eigenvalue weighted by molar-refractivity contribution is 6.03. The van der Waals surface area contributed by atoms with Crippen LogP contribution in [-0.4, -0.2) is 36.1 Å². The lowest BCUT2D eigenvalue weighted by atomic mass is 9.87. The van der Waals surface area contributed by atoms with Gasteiger partial charge in [0, 0.05) is 31.7 Å². The highest BCUT2D eigenvalue weighted by Crippen LogP contribution is 2.23. The van der Waals surface area contributed by atoms with E-state index in [4.69, 9.17) is 4.74 Å². The standard InChI is InChI=1S/C18H24N4O2/c1-18(2,3)14-5-7-15(8-6-14)22-16(23)13-11-20-17(21-12-13)19-9-10-24-4/h5-8,11-12H,9-10H2,1-4H3,(H,22,23)(H,19,20,21). The number of benzene rings is 1. The lowest BCUT2D eigenvalue weighted by Crippen LogP contribution is -2.15. The minimum Gasteiger partial charge on any atom is -0.383 e. The van der Waals surface area contributed by atoms with E-state index in [1.54, 1.807) is 7.11 Å². The number of hydrogen-bond donors (Lipinski definition) is 2. The molecule has 0 unspecified atom stereocenters. The van der Waals surface area contributed by atoms with Gasteiger partial charge < -0.3 is 15.4 Å². The van der Waals surface area contributed by atoms with E-state index in [9.17, 15) is 4.79 Å². The number of nitrogens with one attached hydrogen (secondary N) is 2. The zero-order valence-corrected chi connectivity index (χ0v) is 14.6. The first-order valence-corrected chi connectivity index (χ1v) is 7.87. The van der Waals surface area contributed by atoms with Crippen molar-refractivity contribution in [1.82, 2.24) is 9.97 Å². The Hall–Kier alpha value is -2.47. The molecule has 1 amide bonds. The Balaban J connectivity index is 1.96. The van der Waals surface area contributed by atoms with Gasteiger partial charge in [-0.2, -0.15) is 0 Å². The lowest BCUT2D eigenvalue weighted by Gasteiger charge is -2.19. The van der Waals surface area contributed by atoms with Crippen molar-refractivity contribution in [1.29, 1.82) is 0 Å². The van der Waals surface area contributed by atoms with E-state index in [-0.39, 0.29) is 11.3 Å². The van der Waals surface area contributed by atoms with Gasteiger partial charge in [0.15, 0.2) is 0 Å². The van der Waals surface area contributed by atoms with E-state index in [0.717, 1.165) is 5.69 Å². The molecule has 2 aromatic rings. The van der Waals surface area contributed by atoms with Gasteiger partial charge in [0.2, 0.25) is 5.95 Å². The van der Waals surface area contributed by atoms with Gasteiger partial charge >= 0.3 is 0 Å². The van der Waals surface area contributed by atoms with E-state index in [1.807, 2.05) is 24.3 Å². The van der Waals surface area contributed by atoms with E-state index in [0.29, 0.717) is 24.7 Å². The molecular weight excluding hydrogens is 304 g/mol. The summed E-state index contributed by atoms with van der Waals surface area (Å²) in [5.41, 5.74) is 2.46. The number of aromatic nitrogens is 2. The van der Waals surface area contributed by atoms with Crippen molar-refractivity contribution in [3.8, 4) is 0 Å². The van der Waals surface area contributed by atoms with Crippen LogP contribution in [-0.2, 0) is 10.2 Å². The van der Waals surface area contributed by atoms with Crippen LogP contribution in [0.25, 0.3) is 0 Å². The molecule has 1 heterocycles. The molecule has 6 heteroatoms. The largest absolute Gasteiger partial charge is 0.383 e. The highest BCUT2D eigenvalue weighted by Gasteiger charge is 2.13. The third kappa shape index (κ3) is 5.03. The average Bonchev–Trinajstić information content (AvgIpc) is 2.55. The summed E-state index contributed by atoms with van der Waals surface area (Å²) in [6, 6.07) is 7.85.